The minimum atomic E-state index is -0.750. The second-order valence-electron chi connectivity index (χ2n) is 1.80. The molecule has 1 nitrogen and oxygen atoms in total. The van der Waals surface area contributed by atoms with Gasteiger partial charge < -0.3 is 4.74 Å². The molecule has 0 saturated heterocycles. The van der Waals surface area contributed by atoms with Gasteiger partial charge in [-0.1, -0.05) is 46.9 Å². The lowest BCUT2D eigenvalue weighted by atomic mass is 10.4. The first-order valence-electron chi connectivity index (χ1n) is 2.89. The normalized spacial score (nSPS) is 10.9. The van der Waals surface area contributed by atoms with Crippen LogP contribution in [0, 0.1) is 0 Å². The molecule has 0 fully saturated rings. The van der Waals surface area contributed by atoms with Crippen LogP contribution in [0.3, 0.4) is 0 Å². The van der Waals surface area contributed by atoms with Gasteiger partial charge >= 0.3 is 0 Å². The first-order valence-corrected chi connectivity index (χ1v) is 4.20. The molecule has 1 heterocycles. The number of benzene rings is 1. The lowest BCUT2D eigenvalue weighted by molar-refractivity contribution is 0.650. The van der Waals surface area contributed by atoms with E-state index in [4.69, 9.17) is 39.5 Å². The van der Waals surface area contributed by atoms with Crippen LogP contribution in [-0.2, 0) is 0 Å². The molecule has 0 atom stereocenters. The summed E-state index contributed by atoms with van der Waals surface area (Å²) in [7, 11) is 0. The molecule has 1 aromatic carbocycles. The molecule has 0 aromatic heterocycles. The van der Waals surface area contributed by atoms with Crippen LogP contribution < -0.4 is 4.74 Å². The number of halogens is 3. The van der Waals surface area contributed by atoms with Gasteiger partial charge in [0.05, 0.1) is 0 Å². The summed E-state index contributed by atoms with van der Waals surface area (Å²) < 4.78 is 4.19. The molecule has 2 rings (SSSR count). The summed E-state index contributed by atoms with van der Waals surface area (Å²) in [6.07, 6.45) is 0. The summed E-state index contributed by atoms with van der Waals surface area (Å²) >= 11 is 14.4. The quantitative estimate of drug-likeness (QED) is 0.477. The predicted octanol–water partition coefficient (Wildman–Crippen LogP) is 3.78. The molecule has 0 amide bonds. The van der Waals surface area contributed by atoms with E-state index in [0.29, 0.717) is 0 Å². The summed E-state index contributed by atoms with van der Waals surface area (Å²) in [5.74, 6) is 2.06. The second kappa shape index (κ2) is 4.05. The van der Waals surface area contributed by atoms with Crippen molar-refractivity contribution in [2.45, 2.75) is 4.30 Å². The van der Waals surface area contributed by atoms with Crippen molar-refractivity contribution in [3.63, 3.8) is 0 Å². The molecule has 11 heavy (non-hydrogen) atoms. The third-order valence-corrected chi connectivity index (χ3v) is 1.03. The molecule has 1 aromatic rings. The third-order valence-electron chi connectivity index (χ3n) is 1.03. The van der Waals surface area contributed by atoms with Gasteiger partial charge in [-0.15, -0.1) is 0 Å². The van der Waals surface area contributed by atoms with Gasteiger partial charge in [0.1, 0.15) is 0 Å². The van der Waals surface area contributed by atoms with Crippen molar-refractivity contribution < 1.29 is 4.74 Å². The molecule has 0 radical (unpaired) electrons. The minimum Gasteiger partial charge on any atom is -0.450 e. The summed E-state index contributed by atoms with van der Waals surface area (Å²) in [5.41, 5.74) is 0. The number of fused-ring (bicyclic) bond motifs is 1. The zero-order valence-electron chi connectivity index (χ0n) is 5.43. The molecule has 4 heteroatoms. The number of rotatable bonds is 0. The smallest absolute Gasteiger partial charge is 0.180 e. The Morgan fingerprint density at radius 3 is 1.64 bits per heavy atom. The standard InChI is InChI=1S/C6H4O.CHCl3/c1-2-4-6-5(3-1)7-6;2-1(3)4/h1-4H;1H. The van der Waals surface area contributed by atoms with E-state index >= 15 is 0 Å². The highest BCUT2D eigenvalue weighted by molar-refractivity contribution is 6.63. The van der Waals surface area contributed by atoms with Crippen LogP contribution in [0.15, 0.2) is 24.3 Å². The monoisotopic (exact) mass is 210 g/mol. The lowest BCUT2D eigenvalue weighted by Gasteiger charge is -1.69. The molecule has 0 saturated carbocycles. The van der Waals surface area contributed by atoms with E-state index in [2.05, 4.69) is 0 Å². The first-order chi connectivity index (χ1) is 5.20. The number of ether oxygens (including phenoxy) is 1. The van der Waals surface area contributed by atoms with Crippen molar-refractivity contribution in [2.24, 2.45) is 0 Å². The number of alkyl halides is 3. The van der Waals surface area contributed by atoms with E-state index in [1.165, 1.54) is 0 Å². The first kappa shape index (κ1) is 8.98. The van der Waals surface area contributed by atoms with Crippen molar-refractivity contribution in [1.29, 1.82) is 0 Å². The molecule has 0 unspecified atom stereocenters. The van der Waals surface area contributed by atoms with Crippen molar-refractivity contribution in [3.8, 4) is 11.5 Å². The van der Waals surface area contributed by atoms with Crippen LogP contribution in [0.1, 0.15) is 0 Å². The molecular weight excluding hydrogens is 206 g/mol. The number of hydrogen-bond donors (Lipinski definition) is 0. The van der Waals surface area contributed by atoms with Gasteiger partial charge in [0.2, 0.25) is 0 Å². The fourth-order valence-electron chi connectivity index (χ4n) is 0.611. The summed E-state index contributed by atoms with van der Waals surface area (Å²) in [4.78, 5) is 0. The Bertz CT molecular complexity index is 213. The van der Waals surface area contributed by atoms with E-state index < -0.39 is 4.30 Å². The van der Waals surface area contributed by atoms with E-state index in [9.17, 15) is 0 Å². The van der Waals surface area contributed by atoms with Crippen molar-refractivity contribution in [1.82, 2.24) is 0 Å². The van der Waals surface area contributed by atoms with Crippen LogP contribution in [-0.4, -0.2) is 4.30 Å². The third kappa shape index (κ3) is 3.71. The summed E-state index contributed by atoms with van der Waals surface area (Å²) in [5, 5.41) is 0. The fourth-order valence-corrected chi connectivity index (χ4v) is 0.611. The van der Waals surface area contributed by atoms with Gasteiger partial charge in [0.25, 0.3) is 0 Å². The maximum absolute atomic E-state index is 4.94. The largest absolute Gasteiger partial charge is 0.450 e. The van der Waals surface area contributed by atoms with Crippen molar-refractivity contribution in [2.75, 3.05) is 0 Å². The molecule has 0 aliphatic carbocycles. The Hall–Kier alpha value is -0.110. The molecule has 60 valence electrons. The summed E-state index contributed by atoms with van der Waals surface area (Å²) in [6.45, 7) is 0. The Morgan fingerprint density at radius 2 is 1.36 bits per heavy atom. The minimum absolute atomic E-state index is 0.750. The van der Waals surface area contributed by atoms with Gasteiger partial charge in [0.15, 0.2) is 15.8 Å². The van der Waals surface area contributed by atoms with Gasteiger partial charge in [-0.2, -0.15) is 0 Å². The van der Waals surface area contributed by atoms with Crippen molar-refractivity contribution in [3.05, 3.63) is 24.3 Å². The van der Waals surface area contributed by atoms with E-state index in [1.54, 1.807) is 0 Å². The number of hydrogen-bond acceptors (Lipinski definition) is 1. The van der Waals surface area contributed by atoms with Crippen molar-refractivity contribution >= 4 is 34.8 Å². The molecule has 0 N–H and O–H groups in total. The van der Waals surface area contributed by atoms with Crippen LogP contribution >= 0.6 is 34.8 Å². The summed E-state index contributed by atoms with van der Waals surface area (Å²) in [6, 6.07) is 7.84. The topological polar surface area (TPSA) is 12.5 Å². The maximum Gasteiger partial charge on any atom is 0.180 e. The Morgan fingerprint density at radius 1 is 1.00 bits per heavy atom. The van der Waals surface area contributed by atoms with E-state index in [-0.39, 0.29) is 0 Å². The van der Waals surface area contributed by atoms with Crippen LogP contribution in [0.2, 0.25) is 0 Å². The van der Waals surface area contributed by atoms with Gasteiger partial charge in [0, 0.05) is 0 Å². The fraction of sp³-hybridized carbons (Fsp3) is 0.143. The Balaban J connectivity index is 0.000000134. The lowest BCUT2D eigenvalue weighted by Crippen LogP contribution is -1.55. The Kier molecular flexibility index (Phi) is 3.31. The molecular formula is C7H5Cl3O. The zero-order valence-corrected chi connectivity index (χ0v) is 7.70. The highest BCUT2D eigenvalue weighted by atomic mass is 35.6. The molecule has 1 aliphatic rings. The highest BCUT2D eigenvalue weighted by Gasteiger charge is 2.15. The van der Waals surface area contributed by atoms with E-state index in [1.807, 2.05) is 24.3 Å². The molecule has 0 spiro atoms. The molecule has 1 aliphatic heterocycles. The number of para-hydroxylation sites is 2. The van der Waals surface area contributed by atoms with Crippen LogP contribution in [0.5, 0.6) is 11.5 Å². The average Bonchev–Trinajstić information content (AvgIpc) is 2.62. The van der Waals surface area contributed by atoms with Gasteiger partial charge in [-0.05, 0) is 12.1 Å². The van der Waals surface area contributed by atoms with Crippen LogP contribution in [0.4, 0.5) is 0 Å². The van der Waals surface area contributed by atoms with Gasteiger partial charge in [-0.3, -0.25) is 0 Å². The average molecular weight is 211 g/mol. The van der Waals surface area contributed by atoms with E-state index in [0.717, 1.165) is 11.5 Å². The molecule has 0 bridgehead atoms. The Labute approximate surface area is 79.8 Å². The SMILES string of the molecule is ClC(Cl)Cl.c1ccc2c(c1)O2. The highest BCUT2D eigenvalue weighted by Crippen LogP contribution is 2.43. The predicted molar refractivity (Wildman–Crippen MR) is 47.9 cm³/mol. The maximum atomic E-state index is 4.94. The van der Waals surface area contributed by atoms with Gasteiger partial charge in [-0.25, -0.2) is 0 Å². The van der Waals surface area contributed by atoms with Crippen LogP contribution in [0.25, 0.3) is 0 Å². The second-order valence-corrected chi connectivity index (χ2v) is 3.78. The zero-order chi connectivity index (χ0) is 8.27.